The second-order valence-corrected chi connectivity index (χ2v) is 6.66. The first-order chi connectivity index (χ1) is 12.5. The molecule has 1 aliphatic rings. The molecule has 0 bridgehead atoms. The van der Waals surface area contributed by atoms with Gasteiger partial charge in [-0.3, -0.25) is 14.9 Å². The number of nitrogens with two attached hydrogens (primary N) is 1. The van der Waals surface area contributed by atoms with Gasteiger partial charge in [0.2, 0.25) is 0 Å². The number of hydrogen-bond donors (Lipinski definition) is 2. The lowest BCUT2D eigenvalue weighted by Gasteiger charge is -2.27. The largest absolute Gasteiger partial charge is 0.355 e. The molecule has 3 rings (SSSR count). The number of nitrogens with one attached hydrogen (secondary N) is 1. The topological polar surface area (TPSA) is 92.1 Å². The third kappa shape index (κ3) is 3.95. The van der Waals surface area contributed by atoms with Crippen molar-refractivity contribution in [2.24, 2.45) is 0 Å². The Labute approximate surface area is 156 Å². The number of carbonyl (C=O) groups is 1. The number of halogens is 1. The lowest BCUT2D eigenvalue weighted by molar-refractivity contribution is -0.655. The monoisotopic (exact) mass is 375 g/mol. The van der Waals surface area contributed by atoms with E-state index in [1.807, 2.05) is 11.8 Å². The van der Waals surface area contributed by atoms with Crippen LogP contribution in [0.5, 0.6) is 0 Å². The van der Waals surface area contributed by atoms with Gasteiger partial charge in [0.15, 0.2) is 0 Å². The van der Waals surface area contributed by atoms with Gasteiger partial charge in [-0.1, -0.05) is 17.7 Å². The molecule has 0 unspecified atom stereocenters. The number of quaternary nitrogens is 1. The lowest BCUT2D eigenvalue weighted by Crippen LogP contribution is -2.89. The summed E-state index contributed by atoms with van der Waals surface area (Å²) in [6.07, 6.45) is 0. The number of hydrogen-bond acceptors (Lipinski definition) is 4. The van der Waals surface area contributed by atoms with Crippen LogP contribution in [0.25, 0.3) is 0 Å². The maximum Gasteiger partial charge on any atom is 0.293 e. The van der Waals surface area contributed by atoms with Crippen LogP contribution in [0.4, 0.5) is 17.1 Å². The van der Waals surface area contributed by atoms with Gasteiger partial charge in [0.1, 0.15) is 5.69 Å². The van der Waals surface area contributed by atoms with E-state index in [1.54, 1.807) is 30.3 Å². The van der Waals surface area contributed by atoms with Gasteiger partial charge in [0.25, 0.3) is 11.6 Å². The number of aryl methyl sites for hydroxylation is 1. The molecule has 1 saturated heterocycles. The van der Waals surface area contributed by atoms with Gasteiger partial charge in [0, 0.05) is 22.3 Å². The molecule has 0 saturated carbocycles. The summed E-state index contributed by atoms with van der Waals surface area (Å²) >= 11 is 5.97. The minimum Gasteiger partial charge on any atom is -0.355 e. The van der Waals surface area contributed by atoms with Gasteiger partial charge in [-0.15, -0.1) is 0 Å². The molecule has 1 heterocycles. The number of nitro groups is 1. The maximum atomic E-state index is 12.5. The Bertz CT molecular complexity index is 850. The van der Waals surface area contributed by atoms with Crippen molar-refractivity contribution in [1.29, 1.82) is 0 Å². The number of nitrogens with zero attached hydrogens (tertiary/aromatic N) is 2. The Morgan fingerprint density at radius 3 is 2.65 bits per heavy atom. The molecule has 1 amide bonds. The van der Waals surface area contributed by atoms with E-state index in [9.17, 15) is 14.9 Å². The summed E-state index contributed by atoms with van der Waals surface area (Å²) in [5.41, 5.74) is 2.18. The Kier molecular flexibility index (Phi) is 5.39. The molecule has 26 heavy (non-hydrogen) atoms. The molecule has 0 atom stereocenters. The molecule has 0 aromatic heterocycles. The highest BCUT2D eigenvalue weighted by molar-refractivity contribution is 6.31. The molecule has 0 radical (unpaired) electrons. The summed E-state index contributed by atoms with van der Waals surface area (Å²) in [5.74, 6) is -0.406. The molecule has 7 nitrogen and oxygen atoms in total. The lowest BCUT2D eigenvalue weighted by atomic mass is 10.1. The predicted molar refractivity (Wildman–Crippen MR) is 101 cm³/mol. The van der Waals surface area contributed by atoms with E-state index in [1.165, 1.54) is 6.07 Å². The van der Waals surface area contributed by atoms with Crippen LogP contribution in [0.15, 0.2) is 36.4 Å². The van der Waals surface area contributed by atoms with Crippen molar-refractivity contribution in [3.8, 4) is 0 Å². The standard InChI is InChI=1S/C18H19ClN4O3/c1-12-2-4-14(19)11-15(12)21-18(24)13-3-5-16(17(10-13)23(25)26)22-8-6-20-7-9-22/h2-5,10-11,20H,6-9H2,1H3,(H,21,24)/p+1. The zero-order valence-electron chi connectivity index (χ0n) is 14.4. The fourth-order valence-electron chi connectivity index (χ4n) is 2.99. The zero-order valence-corrected chi connectivity index (χ0v) is 15.1. The molecule has 8 heteroatoms. The van der Waals surface area contributed by atoms with Crippen molar-refractivity contribution in [2.45, 2.75) is 6.92 Å². The Morgan fingerprint density at radius 1 is 1.23 bits per heavy atom. The van der Waals surface area contributed by atoms with E-state index in [4.69, 9.17) is 11.6 Å². The van der Waals surface area contributed by atoms with Gasteiger partial charge in [-0.05, 0) is 36.8 Å². The van der Waals surface area contributed by atoms with Crippen molar-refractivity contribution < 1.29 is 15.0 Å². The highest BCUT2D eigenvalue weighted by atomic mass is 35.5. The van der Waals surface area contributed by atoms with Crippen LogP contribution in [0.3, 0.4) is 0 Å². The van der Waals surface area contributed by atoms with Crippen LogP contribution in [-0.2, 0) is 0 Å². The van der Waals surface area contributed by atoms with Crippen LogP contribution in [0.2, 0.25) is 5.02 Å². The van der Waals surface area contributed by atoms with E-state index < -0.39 is 10.8 Å². The van der Waals surface area contributed by atoms with Gasteiger partial charge in [0.05, 0.1) is 31.1 Å². The first kappa shape index (κ1) is 18.2. The molecule has 136 valence electrons. The van der Waals surface area contributed by atoms with Crippen LogP contribution in [-0.4, -0.2) is 37.0 Å². The van der Waals surface area contributed by atoms with Gasteiger partial charge >= 0.3 is 0 Å². The van der Waals surface area contributed by atoms with Crippen LogP contribution >= 0.6 is 11.6 Å². The molecule has 2 aromatic carbocycles. The molecule has 3 N–H and O–H groups in total. The Balaban J connectivity index is 1.88. The summed E-state index contributed by atoms with van der Waals surface area (Å²) < 4.78 is 0. The second kappa shape index (κ2) is 7.72. The number of rotatable bonds is 4. The molecule has 0 spiro atoms. The van der Waals surface area contributed by atoms with Crippen molar-refractivity contribution >= 4 is 34.6 Å². The minimum atomic E-state index is -0.435. The van der Waals surface area contributed by atoms with Gasteiger partial charge < -0.3 is 15.5 Å². The van der Waals surface area contributed by atoms with Crippen LogP contribution in [0, 0.1) is 17.0 Å². The first-order valence-corrected chi connectivity index (χ1v) is 8.76. The molecular formula is C18H20ClN4O3+. The van der Waals surface area contributed by atoms with Crippen LogP contribution < -0.4 is 15.5 Å². The van der Waals surface area contributed by atoms with E-state index in [2.05, 4.69) is 10.6 Å². The van der Waals surface area contributed by atoms with Gasteiger partial charge in [-0.25, -0.2) is 0 Å². The van der Waals surface area contributed by atoms with Crippen molar-refractivity contribution in [3.63, 3.8) is 0 Å². The Hall–Kier alpha value is -2.64. The maximum absolute atomic E-state index is 12.5. The molecule has 1 aliphatic heterocycles. The normalized spacial score (nSPS) is 14.2. The predicted octanol–water partition coefficient (Wildman–Crippen LogP) is 2.19. The number of amides is 1. The summed E-state index contributed by atoms with van der Waals surface area (Å²) in [6.45, 7) is 5.13. The van der Waals surface area contributed by atoms with Crippen molar-refractivity contribution in [2.75, 3.05) is 36.4 Å². The number of anilines is 2. The van der Waals surface area contributed by atoms with E-state index in [0.29, 0.717) is 16.4 Å². The third-order valence-corrected chi connectivity index (χ3v) is 4.66. The highest BCUT2D eigenvalue weighted by Gasteiger charge is 2.24. The van der Waals surface area contributed by atoms with E-state index in [-0.39, 0.29) is 11.3 Å². The first-order valence-electron chi connectivity index (χ1n) is 8.38. The average molecular weight is 376 g/mol. The Morgan fingerprint density at radius 2 is 1.96 bits per heavy atom. The van der Waals surface area contributed by atoms with Crippen molar-refractivity contribution in [1.82, 2.24) is 0 Å². The average Bonchev–Trinajstić information content (AvgIpc) is 2.65. The smallest absolute Gasteiger partial charge is 0.293 e. The fourth-order valence-corrected chi connectivity index (χ4v) is 3.17. The number of nitro benzene ring substituents is 1. The highest BCUT2D eigenvalue weighted by Crippen LogP contribution is 2.30. The van der Waals surface area contributed by atoms with Crippen LogP contribution in [0.1, 0.15) is 15.9 Å². The molecule has 1 fully saturated rings. The van der Waals surface area contributed by atoms with E-state index in [0.717, 1.165) is 31.7 Å². The van der Waals surface area contributed by atoms with Gasteiger partial charge in [-0.2, -0.15) is 0 Å². The SMILES string of the molecule is Cc1ccc(Cl)cc1NC(=O)c1ccc(N2CC[NH2+]CC2)c([N+](=O)[O-])c1. The fraction of sp³-hybridized carbons (Fsp3) is 0.278. The number of piperazine rings is 1. The zero-order chi connectivity index (χ0) is 18.7. The summed E-state index contributed by atoms with van der Waals surface area (Å²) in [7, 11) is 0. The number of benzene rings is 2. The van der Waals surface area contributed by atoms with E-state index >= 15 is 0 Å². The van der Waals surface area contributed by atoms with Crippen molar-refractivity contribution in [3.05, 3.63) is 62.7 Å². The third-order valence-electron chi connectivity index (χ3n) is 4.43. The molecular weight excluding hydrogens is 356 g/mol. The summed E-state index contributed by atoms with van der Waals surface area (Å²) in [6, 6.07) is 9.81. The molecule has 2 aromatic rings. The minimum absolute atomic E-state index is 0.0534. The summed E-state index contributed by atoms with van der Waals surface area (Å²) in [4.78, 5) is 25.6. The number of carbonyl (C=O) groups excluding carboxylic acids is 1. The second-order valence-electron chi connectivity index (χ2n) is 6.23. The molecule has 0 aliphatic carbocycles. The summed E-state index contributed by atoms with van der Waals surface area (Å²) in [5, 5.41) is 17.0. The quantitative estimate of drug-likeness (QED) is 0.633.